The topological polar surface area (TPSA) is 64.0 Å². The minimum atomic E-state index is -0.0572. The number of fused-ring (bicyclic) bond motifs is 1. The van der Waals surface area contributed by atoms with E-state index in [-0.39, 0.29) is 23.3 Å². The quantitative estimate of drug-likeness (QED) is 0.467. The highest BCUT2D eigenvalue weighted by molar-refractivity contribution is 7.99. The summed E-state index contributed by atoms with van der Waals surface area (Å²) in [5, 5.41) is 4.08. The maximum Gasteiger partial charge on any atom is 0.262 e. The summed E-state index contributed by atoms with van der Waals surface area (Å²) >= 11 is 1.31. The van der Waals surface area contributed by atoms with E-state index in [9.17, 15) is 9.59 Å². The molecule has 0 unspecified atom stereocenters. The van der Waals surface area contributed by atoms with Gasteiger partial charge in [-0.15, -0.1) is 0 Å². The van der Waals surface area contributed by atoms with Crippen molar-refractivity contribution >= 4 is 28.6 Å². The van der Waals surface area contributed by atoms with E-state index in [4.69, 9.17) is 0 Å². The average Bonchev–Trinajstić information content (AvgIpc) is 2.68. The third-order valence-electron chi connectivity index (χ3n) is 4.30. The van der Waals surface area contributed by atoms with Crippen molar-refractivity contribution < 1.29 is 4.79 Å². The predicted molar refractivity (Wildman–Crippen MR) is 115 cm³/mol. The number of para-hydroxylation sites is 1. The molecular weight excluding hydrogens is 370 g/mol. The third kappa shape index (κ3) is 5.23. The first-order valence-corrected chi connectivity index (χ1v) is 10.5. The van der Waals surface area contributed by atoms with Gasteiger partial charge >= 0.3 is 0 Å². The number of rotatable bonds is 8. The molecule has 6 heteroatoms. The zero-order valence-electron chi connectivity index (χ0n) is 16.2. The fraction of sp³-hybridized carbons (Fsp3) is 0.318. The van der Waals surface area contributed by atoms with E-state index in [1.165, 1.54) is 17.3 Å². The standard InChI is InChI=1S/C22H25N3O2S/c1-16(2)23-20(26)15-28-22-24-19-13-7-6-12-18(19)21(27)25(22)14-8-11-17-9-4-3-5-10-17/h3-7,9-10,12-13,16H,8,11,14-15H2,1-2H3,(H,23,26). The summed E-state index contributed by atoms with van der Waals surface area (Å²) in [7, 11) is 0. The normalized spacial score (nSPS) is 11.1. The van der Waals surface area contributed by atoms with Gasteiger partial charge in [-0.1, -0.05) is 54.2 Å². The summed E-state index contributed by atoms with van der Waals surface area (Å²) in [6.45, 7) is 4.42. The second kappa shape index (κ2) is 9.55. The van der Waals surface area contributed by atoms with Crippen LogP contribution in [0, 0.1) is 0 Å². The van der Waals surface area contributed by atoms with E-state index in [2.05, 4.69) is 22.4 Å². The van der Waals surface area contributed by atoms with Crippen LogP contribution in [0.1, 0.15) is 25.8 Å². The van der Waals surface area contributed by atoms with E-state index in [1.54, 1.807) is 10.6 Å². The highest BCUT2D eigenvalue weighted by Crippen LogP contribution is 2.18. The van der Waals surface area contributed by atoms with Crippen molar-refractivity contribution in [3.05, 3.63) is 70.5 Å². The molecule has 3 aromatic rings. The summed E-state index contributed by atoms with van der Waals surface area (Å²) in [6.07, 6.45) is 1.72. The zero-order valence-corrected chi connectivity index (χ0v) is 17.0. The Morgan fingerprint density at radius 2 is 1.82 bits per heavy atom. The Labute approximate surface area is 169 Å². The number of aromatic nitrogens is 2. The van der Waals surface area contributed by atoms with Crippen LogP contribution in [0.2, 0.25) is 0 Å². The molecule has 0 aliphatic carbocycles. The lowest BCUT2D eigenvalue weighted by Crippen LogP contribution is -2.32. The van der Waals surface area contributed by atoms with Crippen LogP contribution in [0.3, 0.4) is 0 Å². The first kappa shape index (κ1) is 20.1. The minimum absolute atomic E-state index is 0.0505. The summed E-state index contributed by atoms with van der Waals surface area (Å²) in [4.78, 5) is 29.7. The molecule has 0 saturated carbocycles. The lowest BCUT2D eigenvalue weighted by atomic mass is 10.1. The van der Waals surface area contributed by atoms with Crippen molar-refractivity contribution in [1.29, 1.82) is 0 Å². The number of hydrogen-bond acceptors (Lipinski definition) is 4. The molecule has 0 atom stereocenters. The number of carbonyl (C=O) groups excluding carboxylic acids is 1. The largest absolute Gasteiger partial charge is 0.353 e. The van der Waals surface area contributed by atoms with Crippen molar-refractivity contribution in [3.63, 3.8) is 0 Å². The van der Waals surface area contributed by atoms with Gasteiger partial charge in [0.25, 0.3) is 5.56 Å². The number of thioether (sulfide) groups is 1. The van der Waals surface area contributed by atoms with Gasteiger partial charge in [-0.25, -0.2) is 4.98 Å². The number of nitrogens with one attached hydrogen (secondary N) is 1. The zero-order chi connectivity index (χ0) is 19.9. The lowest BCUT2D eigenvalue weighted by Gasteiger charge is -2.14. The molecule has 0 radical (unpaired) electrons. The molecule has 5 nitrogen and oxygen atoms in total. The van der Waals surface area contributed by atoms with Gasteiger partial charge in [0.15, 0.2) is 5.16 Å². The number of nitrogens with zero attached hydrogens (tertiary/aromatic N) is 2. The van der Waals surface area contributed by atoms with Crippen molar-refractivity contribution in [1.82, 2.24) is 14.9 Å². The fourth-order valence-corrected chi connectivity index (χ4v) is 3.87. The summed E-state index contributed by atoms with van der Waals surface area (Å²) < 4.78 is 1.71. The van der Waals surface area contributed by atoms with Gasteiger partial charge in [0.1, 0.15) is 0 Å². The van der Waals surface area contributed by atoms with Crippen LogP contribution in [-0.2, 0) is 17.8 Å². The van der Waals surface area contributed by atoms with E-state index < -0.39 is 0 Å². The van der Waals surface area contributed by atoms with Gasteiger partial charge < -0.3 is 5.32 Å². The van der Waals surface area contributed by atoms with Crippen molar-refractivity contribution in [2.75, 3.05) is 5.75 Å². The first-order valence-electron chi connectivity index (χ1n) is 9.50. The maximum atomic E-state index is 13.0. The molecule has 1 N–H and O–H groups in total. The Kier molecular flexibility index (Phi) is 6.87. The van der Waals surface area contributed by atoms with Crippen LogP contribution in [0.4, 0.5) is 0 Å². The molecule has 1 aromatic heterocycles. The number of amides is 1. The third-order valence-corrected chi connectivity index (χ3v) is 5.28. The highest BCUT2D eigenvalue weighted by Gasteiger charge is 2.13. The Morgan fingerprint density at radius 1 is 1.11 bits per heavy atom. The van der Waals surface area contributed by atoms with Crippen LogP contribution in [0.25, 0.3) is 10.9 Å². The highest BCUT2D eigenvalue weighted by atomic mass is 32.2. The Hall–Kier alpha value is -2.60. The van der Waals surface area contributed by atoms with Crippen LogP contribution < -0.4 is 10.9 Å². The number of benzene rings is 2. The van der Waals surface area contributed by atoms with Crippen LogP contribution >= 0.6 is 11.8 Å². The molecule has 0 spiro atoms. The Morgan fingerprint density at radius 3 is 2.57 bits per heavy atom. The predicted octanol–water partition coefficient (Wildman–Crippen LogP) is 3.65. The van der Waals surface area contributed by atoms with Crippen LogP contribution in [0.5, 0.6) is 0 Å². The molecule has 3 rings (SSSR count). The minimum Gasteiger partial charge on any atom is -0.353 e. The van der Waals surface area contributed by atoms with E-state index >= 15 is 0 Å². The summed E-state index contributed by atoms with van der Waals surface area (Å²) in [5.74, 6) is 0.181. The summed E-state index contributed by atoms with van der Waals surface area (Å²) in [6, 6.07) is 17.7. The SMILES string of the molecule is CC(C)NC(=O)CSc1nc2ccccc2c(=O)n1CCCc1ccccc1. The van der Waals surface area contributed by atoms with Crippen molar-refractivity contribution in [2.45, 2.75) is 44.4 Å². The maximum absolute atomic E-state index is 13.0. The van der Waals surface area contributed by atoms with E-state index in [1.807, 2.05) is 50.2 Å². The number of aryl methyl sites for hydroxylation is 1. The van der Waals surface area contributed by atoms with Crippen molar-refractivity contribution in [2.24, 2.45) is 0 Å². The lowest BCUT2D eigenvalue weighted by molar-refractivity contribution is -0.119. The van der Waals surface area contributed by atoms with Gasteiger partial charge in [-0.3, -0.25) is 14.2 Å². The molecule has 28 heavy (non-hydrogen) atoms. The molecule has 0 bridgehead atoms. The first-order chi connectivity index (χ1) is 13.5. The summed E-state index contributed by atoms with van der Waals surface area (Å²) in [5.41, 5.74) is 1.86. The van der Waals surface area contributed by atoms with Gasteiger partial charge in [0.05, 0.1) is 16.7 Å². The second-order valence-electron chi connectivity index (χ2n) is 6.97. The molecular formula is C22H25N3O2S. The molecule has 1 heterocycles. The molecule has 0 saturated heterocycles. The van der Waals surface area contributed by atoms with Crippen LogP contribution in [0.15, 0.2) is 64.5 Å². The monoisotopic (exact) mass is 395 g/mol. The number of carbonyl (C=O) groups is 1. The molecule has 0 fully saturated rings. The van der Waals surface area contributed by atoms with E-state index in [0.717, 1.165) is 12.8 Å². The van der Waals surface area contributed by atoms with Gasteiger partial charge in [0.2, 0.25) is 5.91 Å². The van der Waals surface area contributed by atoms with Gasteiger partial charge in [-0.05, 0) is 44.4 Å². The van der Waals surface area contributed by atoms with E-state index in [0.29, 0.717) is 22.6 Å². The number of hydrogen-bond donors (Lipinski definition) is 1. The van der Waals surface area contributed by atoms with Gasteiger partial charge in [0, 0.05) is 12.6 Å². The van der Waals surface area contributed by atoms with Gasteiger partial charge in [-0.2, -0.15) is 0 Å². The molecule has 146 valence electrons. The Bertz CT molecular complexity index is 1000. The molecule has 1 amide bonds. The van der Waals surface area contributed by atoms with Crippen LogP contribution in [-0.4, -0.2) is 27.3 Å². The smallest absolute Gasteiger partial charge is 0.262 e. The fourth-order valence-electron chi connectivity index (χ4n) is 3.03. The average molecular weight is 396 g/mol. The Balaban J connectivity index is 1.81. The molecule has 0 aliphatic rings. The van der Waals surface area contributed by atoms with Crippen molar-refractivity contribution in [3.8, 4) is 0 Å². The molecule has 2 aromatic carbocycles. The second-order valence-corrected chi connectivity index (χ2v) is 7.91. The molecule has 0 aliphatic heterocycles.